The Labute approximate surface area is 126 Å². The third kappa shape index (κ3) is 4.68. The van der Waals surface area contributed by atoms with Crippen LogP contribution >= 0.6 is 15.9 Å². The van der Waals surface area contributed by atoms with E-state index >= 15 is 0 Å². The molecule has 0 aliphatic heterocycles. The summed E-state index contributed by atoms with van der Waals surface area (Å²) in [6.07, 6.45) is 1.49. The van der Waals surface area contributed by atoms with Crippen LogP contribution in [-0.4, -0.2) is 33.3 Å². The van der Waals surface area contributed by atoms with Gasteiger partial charge in [0.1, 0.15) is 17.4 Å². The Hall–Kier alpha value is -1.84. The number of carbonyl (C=O) groups is 1. The van der Waals surface area contributed by atoms with Gasteiger partial charge in [-0.15, -0.1) is 0 Å². The molecule has 1 rings (SSSR count). The van der Waals surface area contributed by atoms with Crippen LogP contribution in [0.4, 0.5) is 0 Å². The Morgan fingerprint density at radius 3 is 2.85 bits per heavy atom. The number of benzene rings is 1. The number of nitrogens with zero attached hydrogens (tertiary/aromatic N) is 1. The number of hydrogen-bond acceptors (Lipinski definition) is 4. The molecular formula is C14H15BrN2O3. The number of ether oxygens (including phenoxy) is 2. The van der Waals surface area contributed by atoms with E-state index in [0.717, 1.165) is 4.47 Å². The molecule has 0 saturated heterocycles. The molecule has 20 heavy (non-hydrogen) atoms. The molecular weight excluding hydrogens is 324 g/mol. The molecule has 1 amide bonds. The Kier molecular flexibility index (Phi) is 6.77. The van der Waals surface area contributed by atoms with Crippen molar-refractivity contribution in [1.29, 1.82) is 5.26 Å². The van der Waals surface area contributed by atoms with Crippen molar-refractivity contribution in [1.82, 2.24) is 5.32 Å². The summed E-state index contributed by atoms with van der Waals surface area (Å²) < 4.78 is 10.9. The van der Waals surface area contributed by atoms with E-state index in [1.165, 1.54) is 13.2 Å². The molecule has 0 fully saturated rings. The summed E-state index contributed by atoms with van der Waals surface area (Å²) in [6, 6.07) is 7.24. The highest BCUT2D eigenvalue weighted by Gasteiger charge is 2.10. The highest BCUT2D eigenvalue weighted by Crippen LogP contribution is 2.25. The smallest absolute Gasteiger partial charge is 0.262 e. The largest absolute Gasteiger partial charge is 0.496 e. The fourth-order valence-electron chi connectivity index (χ4n) is 1.48. The summed E-state index contributed by atoms with van der Waals surface area (Å²) >= 11 is 3.34. The summed E-state index contributed by atoms with van der Waals surface area (Å²) in [5, 5.41) is 11.7. The van der Waals surface area contributed by atoms with Gasteiger partial charge >= 0.3 is 0 Å². The topological polar surface area (TPSA) is 71.3 Å². The molecule has 0 saturated carbocycles. The van der Waals surface area contributed by atoms with Gasteiger partial charge in [-0.25, -0.2) is 0 Å². The molecule has 1 N–H and O–H groups in total. The maximum Gasteiger partial charge on any atom is 0.262 e. The van der Waals surface area contributed by atoms with Gasteiger partial charge in [0.25, 0.3) is 5.91 Å². The lowest BCUT2D eigenvalue weighted by Crippen LogP contribution is -2.27. The van der Waals surface area contributed by atoms with E-state index in [1.807, 2.05) is 12.1 Å². The Balaban J connectivity index is 2.97. The third-order valence-corrected chi connectivity index (χ3v) is 2.94. The van der Waals surface area contributed by atoms with Crippen LogP contribution in [0.15, 0.2) is 28.2 Å². The summed E-state index contributed by atoms with van der Waals surface area (Å²) in [5.74, 6) is 0.150. The number of nitriles is 1. The molecule has 0 atom stereocenters. The summed E-state index contributed by atoms with van der Waals surface area (Å²) in [5.41, 5.74) is 0.665. The van der Waals surface area contributed by atoms with E-state index in [4.69, 9.17) is 14.7 Å². The summed E-state index contributed by atoms with van der Waals surface area (Å²) in [7, 11) is 3.07. The second-order valence-electron chi connectivity index (χ2n) is 3.80. The second-order valence-corrected chi connectivity index (χ2v) is 4.72. The first-order valence-electron chi connectivity index (χ1n) is 5.84. The number of hydrogen-bond donors (Lipinski definition) is 1. The molecule has 1 aromatic carbocycles. The van der Waals surface area contributed by atoms with Gasteiger partial charge in [-0.05, 0) is 24.3 Å². The summed E-state index contributed by atoms with van der Waals surface area (Å²) in [6.45, 7) is 0.745. The minimum absolute atomic E-state index is 0.0116. The molecule has 106 valence electrons. The zero-order chi connectivity index (χ0) is 15.0. The van der Waals surface area contributed by atoms with Gasteiger partial charge in [-0.1, -0.05) is 15.9 Å². The summed E-state index contributed by atoms with van der Waals surface area (Å²) in [4.78, 5) is 11.8. The van der Waals surface area contributed by atoms with Gasteiger partial charge in [-0.2, -0.15) is 5.26 Å². The van der Waals surface area contributed by atoms with E-state index < -0.39 is 5.91 Å². The molecule has 0 aromatic heterocycles. The Morgan fingerprint density at radius 1 is 1.50 bits per heavy atom. The number of carbonyl (C=O) groups excluding carboxylic acids is 1. The number of rotatable bonds is 6. The number of nitrogens with one attached hydrogen (secondary N) is 1. The number of methoxy groups -OCH3 is 2. The molecule has 6 heteroatoms. The van der Waals surface area contributed by atoms with Crippen molar-refractivity contribution < 1.29 is 14.3 Å². The molecule has 0 aliphatic carbocycles. The molecule has 0 unspecified atom stereocenters. The quantitative estimate of drug-likeness (QED) is 0.490. The lowest BCUT2D eigenvalue weighted by Gasteiger charge is -2.07. The van der Waals surface area contributed by atoms with Crippen molar-refractivity contribution >= 4 is 27.9 Å². The van der Waals surface area contributed by atoms with E-state index in [9.17, 15) is 4.79 Å². The number of amides is 1. The maximum atomic E-state index is 11.8. The van der Waals surface area contributed by atoms with Crippen molar-refractivity contribution in [3.05, 3.63) is 33.8 Å². The Bertz CT molecular complexity index is 550. The lowest BCUT2D eigenvalue weighted by molar-refractivity contribution is -0.117. The van der Waals surface area contributed by atoms with Crippen molar-refractivity contribution in [2.24, 2.45) is 0 Å². The van der Waals surface area contributed by atoms with Crippen LogP contribution in [0.25, 0.3) is 6.08 Å². The minimum atomic E-state index is -0.438. The van der Waals surface area contributed by atoms with E-state index in [-0.39, 0.29) is 5.57 Å². The van der Waals surface area contributed by atoms with Crippen LogP contribution in [0.2, 0.25) is 0 Å². The van der Waals surface area contributed by atoms with E-state index in [0.29, 0.717) is 24.5 Å². The van der Waals surface area contributed by atoms with E-state index in [1.54, 1.807) is 19.2 Å². The first-order valence-corrected chi connectivity index (χ1v) is 6.64. The van der Waals surface area contributed by atoms with Crippen molar-refractivity contribution in [2.45, 2.75) is 0 Å². The van der Waals surface area contributed by atoms with Gasteiger partial charge in [0.05, 0.1) is 13.7 Å². The van der Waals surface area contributed by atoms with Crippen LogP contribution in [-0.2, 0) is 9.53 Å². The third-order valence-electron chi connectivity index (χ3n) is 2.45. The average molecular weight is 339 g/mol. The van der Waals surface area contributed by atoms with Crippen molar-refractivity contribution in [3.8, 4) is 11.8 Å². The fourth-order valence-corrected chi connectivity index (χ4v) is 1.86. The molecule has 0 heterocycles. The minimum Gasteiger partial charge on any atom is -0.496 e. The molecule has 0 aliphatic rings. The zero-order valence-electron chi connectivity index (χ0n) is 11.3. The van der Waals surface area contributed by atoms with Crippen LogP contribution in [0.5, 0.6) is 5.75 Å². The van der Waals surface area contributed by atoms with Gasteiger partial charge < -0.3 is 14.8 Å². The standard InChI is InChI=1S/C14H15BrN2O3/c1-19-6-5-17-14(18)11(9-16)7-10-8-12(15)3-4-13(10)20-2/h3-4,7-8H,5-6H2,1-2H3,(H,17,18). The van der Waals surface area contributed by atoms with Crippen LogP contribution < -0.4 is 10.1 Å². The molecule has 0 spiro atoms. The van der Waals surface area contributed by atoms with Gasteiger partial charge in [0.15, 0.2) is 0 Å². The van der Waals surface area contributed by atoms with Crippen molar-refractivity contribution in [2.75, 3.05) is 27.4 Å². The van der Waals surface area contributed by atoms with Gasteiger partial charge in [0.2, 0.25) is 0 Å². The van der Waals surface area contributed by atoms with Gasteiger partial charge in [0, 0.05) is 23.7 Å². The van der Waals surface area contributed by atoms with Crippen LogP contribution in [0, 0.1) is 11.3 Å². The zero-order valence-corrected chi connectivity index (χ0v) is 12.9. The van der Waals surface area contributed by atoms with Crippen molar-refractivity contribution in [3.63, 3.8) is 0 Å². The predicted octanol–water partition coefficient (Wildman–Crippen LogP) is 2.13. The number of halogens is 1. The molecule has 0 bridgehead atoms. The van der Waals surface area contributed by atoms with Crippen LogP contribution in [0.3, 0.4) is 0 Å². The monoisotopic (exact) mass is 338 g/mol. The Morgan fingerprint density at radius 2 is 2.25 bits per heavy atom. The SMILES string of the molecule is COCCNC(=O)C(C#N)=Cc1cc(Br)ccc1OC. The fraction of sp³-hybridized carbons (Fsp3) is 0.286. The maximum absolute atomic E-state index is 11.8. The normalized spacial score (nSPS) is 10.8. The van der Waals surface area contributed by atoms with Crippen LogP contribution in [0.1, 0.15) is 5.56 Å². The van der Waals surface area contributed by atoms with Gasteiger partial charge in [-0.3, -0.25) is 4.79 Å². The highest BCUT2D eigenvalue weighted by atomic mass is 79.9. The van der Waals surface area contributed by atoms with E-state index in [2.05, 4.69) is 21.2 Å². The second kappa shape index (κ2) is 8.35. The lowest BCUT2D eigenvalue weighted by atomic mass is 10.1. The first kappa shape index (κ1) is 16.2. The molecule has 5 nitrogen and oxygen atoms in total. The molecule has 0 radical (unpaired) electrons. The first-order chi connectivity index (χ1) is 9.62. The average Bonchev–Trinajstić information content (AvgIpc) is 2.45. The highest BCUT2D eigenvalue weighted by molar-refractivity contribution is 9.10. The predicted molar refractivity (Wildman–Crippen MR) is 79.2 cm³/mol. The molecule has 1 aromatic rings.